The van der Waals surface area contributed by atoms with Gasteiger partial charge < -0.3 is 0 Å². The summed E-state index contributed by atoms with van der Waals surface area (Å²) in [6.45, 7) is 12.5. The molecule has 0 N–H and O–H groups in total. The molecule has 0 aromatic rings. The van der Waals surface area contributed by atoms with Crippen LogP contribution in [0.5, 0.6) is 0 Å². The summed E-state index contributed by atoms with van der Waals surface area (Å²) in [5.74, 6) is 9.24. The molecule has 28 heavy (non-hydrogen) atoms. The maximum Gasteiger partial charge on any atom is -0.0380 e. The molecule has 0 bridgehead atoms. The molecule has 164 valence electrons. The van der Waals surface area contributed by atoms with E-state index in [4.69, 9.17) is 0 Å². The number of hydrogen-bond acceptors (Lipinski definition) is 0. The third kappa shape index (κ3) is 6.01. The number of hydrogen-bond donors (Lipinski definition) is 0. The van der Waals surface area contributed by atoms with Crippen LogP contribution < -0.4 is 0 Å². The molecule has 9 atom stereocenters. The van der Waals surface area contributed by atoms with Crippen LogP contribution >= 0.6 is 0 Å². The second kappa shape index (κ2) is 10.9. The molecule has 0 amide bonds. The van der Waals surface area contributed by atoms with Crippen LogP contribution in [0, 0.1) is 53.3 Å². The largest absolute Gasteiger partial charge is 0.0654 e. The predicted molar refractivity (Wildman–Crippen MR) is 124 cm³/mol. The van der Waals surface area contributed by atoms with Crippen molar-refractivity contribution in [3.8, 4) is 0 Å². The summed E-state index contributed by atoms with van der Waals surface area (Å²) < 4.78 is 0. The summed E-state index contributed by atoms with van der Waals surface area (Å²) in [7, 11) is 0. The van der Waals surface area contributed by atoms with E-state index < -0.39 is 0 Å². The van der Waals surface area contributed by atoms with Crippen molar-refractivity contribution in [2.24, 2.45) is 53.3 Å². The number of rotatable bonds is 7. The van der Waals surface area contributed by atoms with Crippen LogP contribution in [0.3, 0.4) is 0 Å². The molecule has 3 rings (SSSR count). The Morgan fingerprint density at radius 3 is 2.18 bits per heavy atom. The molecule has 0 radical (unpaired) electrons. The van der Waals surface area contributed by atoms with Crippen molar-refractivity contribution >= 4 is 0 Å². The molecule has 0 heterocycles. The Bertz CT molecular complexity index is 439. The minimum atomic E-state index is 0.976. The minimum absolute atomic E-state index is 0.976. The SMILES string of the molecule is CCCC(CC1CCC2CC(C)C(C)CC2C1)CC1CC(C)CCCC1CC. The van der Waals surface area contributed by atoms with Crippen molar-refractivity contribution < 1.29 is 0 Å². The Morgan fingerprint density at radius 2 is 1.46 bits per heavy atom. The highest BCUT2D eigenvalue weighted by atomic mass is 14.4. The molecule has 3 aliphatic rings. The normalized spacial score (nSPS) is 43.2. The maximum absolute atomic E-state index is 2.53. The van der Waals surface area contributed by atoms with Gasteiger partial charge in [0.15, 0.2) is 0 Å². The fraction of sp³-hybridized carbons (Fsp3) is 1.00. The van der Waals surface area contributed by atoms with E-state index in [0.29, 0.717) is 0 Å². The zero-order valence-corrected chi connectivity index (χ0v) is 20.1. The first-order chi connectivity index (χ1) is 13.5. The van der Waals surface area contributed by atoms with E-state index in [9.17, 15) is 0 Å². The van der Waals surface area contributed by atoms with Gasteiger partial charge in [0, 0.05) is 0 Å². The molecular weight excluding hydrogens is 336 g/mol. The minimum Gasteiger partial charge on any atom is -0.0654 e. The van der Waals surface area contributed by atoms with E-state index in [1.54, 1.807) is 38.5 Å². The van der Waals surface area contributed by atoms with Crippen molar-refractivity contribution in [1.82, 2.24) is 0 Å². The Kier molecular flexibility index (Phi) is 8.79. The van der Waals surface area contributed by atoms with Gasteiger partial charge >= 0.3 is 0 Å². The molecular formula is C28H52. The van der Waals surface area contributed by atoms with Gasteiger partial charge in [-0.3, -0.25) is 0 Å². The molecule has 0 saturated heterocycles. The fourth-order valence-corrected chi connectivity index (χ4v) is 7.91. The highest BCUT2D eigenvalue weighted by molar-refractivity contribution is 4.89. The van der Waals surface area contributed by atoms with Crippen LogP contribution in [0.25, 0.3) is 0 Å². The Hall–Kier alpha value is 0. The van der Waals surface area contributed by atoms with Crippen LogP contribution in [0.4, 0.5) is 0 Å². The maximum atomic E-state index is 2.53. The van der Waals surface area contributed by atoms with Gasteiger partial charge in [0.2, 0.25) is 0 Å². The molecule has 9 unspecified atom stereocenters. The first kappa shape index (κ1) is 22.7. The first-order valence-corrected chi connectivity index (χ1v) is 13.5. The van der Waals surface area contributed by atoms with E-state index >= 15 is 0 Å². The van der Waals surface area contributed by atoms with Gasteiger partial charge in [0.25, 0.3) is 0 Å². The molecule has 0 aromatic heterocycles. The molecule has 3 saturated carbocycles. The van der Waals surface area contributed by atoms with Crippen molar-refractivity contribution in [3.05, 3.63) is 0 Å². The van der Waals surface area contributed by atoms with Gasteiger partial charge in [-0.15, -0.1) is 0 Å². The van der Waals surface area contributed by atoms with E-state index in [0.717, 1.165) is 53.3 Å². The van der Waals surface area contributed by atoms with Crippen LogP contribution in [0.2, 0.25) is 0 Å². The lowest BCUT2D eigenvalue weighted by Crippen LogP contribution is -2.34. The van der Waals surface area contributed by atoms with Crippen molar-refractivity contribution in [2.75, 3.05) is 0 Å². The van der Waals surface area contributed by atoms with E-state index in [1.165, 1.54) is 51.4 Å². The van der Waals surface area contributed by atoms with Gasteiger partial charge in [0.05, 0.1) is 0 Å². The summed E-state index contributed by atoms with van der Waals surface area (Å²) in [6.07, 6.45) is 21.3. The Morgan fingerprint density at radius 1 is 0.714 bits per heavy atom. The first-order valence-electron chi connectivity index (χ1n) is 13.5. The molecule has 0 spiro atoms. The smallest absolute Gasteiger partial charge is 0.0380 e. The summed E-state index contributed by atoms with van der Waals surface area (Å²) in [4.78, 5) is 0. The van der Waals surface area contributed by atoms with Crippen molar-refractivity contribution in [2.45, 2.75) is 125 Å². The summed E-state index contributed by atoms with van der Waals surface area (Å²) in [5.41, 5.74) is 0. The molecule has 0 heteroatoms. The molecule has 0 aromatic carbocycles. The second-order valence-corrected chi connectivity index (χ2v) is 12.0. The third-order valence-electron chi connectivity index (χ3n) is 9.74. The lowest BCUT2D eigenvalue weighted by molar-refractivity contribution is 0.0591. The van der Waals surface area contributed by atoms with Gasteiger partial charge in [-0.25, -0.2) is 0 Å². The van der Waals surface area contributed by atoms with Crippen LogP contribution in [0.1, 0.15) is 125 Å². The average Bonchev–Trinajstić information content (AvgIpc) is 2.83. The highest BCUT2D eigenvalue weighted by Gasteiger charge is 2.38. The van der Waals surface area contributed by atoms with Gasteiger partial charge in [0.1, 0.15) is 0 Å². The lowest BCUT2D eigenvalue weighted by atomic mass is 9.61. The predicted octanol–water partition coefficient (Wildman–Crippen LogP) is 9.13. The molecule has 3 fully saturated rings. The van der Waals surface area contributed by atoms with Gasteiger partial charge in [-0.05, 0) is 98.2 Å². The summed E-state index contributed by atoms with van der Waals surface area (Å²) in [6, 6.07) is 0. The van der Waals surface area contributed by atoms with Gasteiger partial charge in [-0.2, -0.15) is 0 Å². The quantitative estimate of drug-likeness (QED) is 0.381. The van der Waals surface area contributed by atoms with Crippen LogP contribution in [-0.2, 0) is 0 Å². The monoisotopic (exact) mass is 388 g/mol. The number of fused-ring (bicyclic) bond motifs is 1. The van der Waals surface area contributed by atoms with Crippen LogP contribution in [-0.4, -0.2) is 0 Å². The van der Waals surface area contributed by atoms with E-state index in [-0.39, 0.29) is 0 Å². The van der Waals surface area contributed by atoms with Gasteiger partial charge in [-0.1, -0.05) is 79.6 Å². The van der Waals surface area contributed by atoms with E-state index in [2.05, 4.69) is 34.6 Å². The topological polar surface area (TPSA) is 0 Å². The van der Waals surface area contributed by atoms with Crippen molar-refractivity contribution in [1.29, 1.82) is 0 Å². The molecule has 0 nitrogen and oxygen atoms in total. The van der Waals surface area contributed by atoms with Crippen molar-refractivity contribution in [3.63, 3.8) is 0 Å². The molecule has 0 aliphatic heterocycles. The van der Waals surface area contributed by atoms with E-state index in [1.807, 2.05) is 0 Å². The Balaban J connectivity index is 1.56. The van der Waals surface area contributed by atoms with Crippen LogP contribution in [0.15, 0.2) is 0 Å². The summed E-state index contributed by atoms with van der Waals surface area (Å²) in [5, 5.41) is 0. The Labute approximate surface area is 178 Å². The third-order valence-corrected chi connectivity index (χ3v) is 9.74. The zero-order valence-electron chi connectivity index (χ0n) is 20.1. The average molecular weight is 389 g/mol. The lowest BCUT2D eigenvalue weighted by Gasteiger charge is -2.45. The highest BCUT2D eigenvalue weighted by Crippen LogP contribution is 2.49. The summed E-state index contributed by atoms with van der Waals surface area (Å²) >= 11 is 0. The second-order valence-electron chi connectivity index (χ2n) is 12.0. The standard InChI is InChI=1S/C28H52/c1-6-9-23(18-27-14-20(3)10-8-11-25(27)7-2)17-24-12-13-26-15-21(4)22(5)16-28(26)19-24/h20-28H,6-19H2,1-5H3. The fourth-order valence-electron chi connectivity index (χ4n) is 7.91. The molecule has 3 aliphatic carbocycles. The zero-order chi connectivity index (χ0) is 20.1.